The van der Waals surface area contributed by atoms with Gasteiger partial charge in [-0.3, -0.25) is 14.3 Å². The highest BCUT2D eigenvalue weighted by atomic mass is 35.7. The minimum absolute atomic E-state index is 0.141. The van der Waals surface area contributed by atoms with E-state index in [2.05, 4.69) is 15.4 Å². The summed E-state index contributed by atoms with van der Waals surface area (Å²) in [7, 11) is -2.13. The Hall–Kier alpha value is -4.33. The Morgan fingerprint density at radius 2 is 1.05 bits per heavy atom. The van der Waals surface area contributed by atoms with Crippen LogP contribution in [0.15, 0.2) is 117 Å². The molecule has 4 aromatic carbocycles. The van der Waals surface area contributed by atoms with Crippen molar-refractivity contribution in [1.29, 1.82) is 0 Å². The molecule has 0 unspecified atom stereocenters. The summed E-state index contributed by atoms with van der Waals surface area (Å²) >= 11 is 12.4. The second-order valence-corrected chi connectivity index (χ2v) is 18.0. The van der Waals surface area contributed by atoms with Crippen LogP contribution in [0.1, 0.15) is 63.5 Å². The number of hydrogen-bond acceptors (Lipinski definition) is 9. The highest BCUT2D eigenvalue weighted by molar-refractivity contribution is 8.13. The van der Waals surface area contributed by atoms with Crippen LogP contribution in [0.25, 0.3) is 0 Å². The monoisotopic (exact) mass is 844 g/mol. The van der Waals surface area contributed by atoms with Gasteiger partial charge in [0.1, 0.15) is 0 Å². The summed E-state index contributed by atoms with van der Waals surface area (Å²) in [6, 6.07) is 23.6. The number of nitrogen functional groups attached to an aromatic ring is 1. The molecule has 10 nitrogen and oxygen atoms in total. The van der Waals surface area contributed by atoms with E-state index < -0.39 is 19.1 Å². The lowest BCUT2D eigenvalue weighted by Gasteiger charge is -2.19. The Balaban J connectivity index is 0.000000204. The Bertz CT molecular complexity index is 2380. The van der Waals surface area contributed by atoms with Gasteiger partial charge in [-0.05, 0) is 113 Å². The van der Waals surface area contributed by atoms with Crippen LogP contribution in [0.5, 0.6) is 0 Å². The Morgan fingerprint density at radius 3 is 1.49 bits per heavy atom. The summed E-state index contributed by atoms with van der Waals surface area (Å²) in [5, 5.41) is 7.38. The van der Waals surface area contributed by atoms with Crippen molar-refractivity contribution in [1.82, 2.24) is 0 Å². The van der Waals surface area contributed by atoms with Gasteiger partial charge >= 0.3 is 0 Å². The van der Waals surface area contributed by atoms with Crippen molar-refractivity contribution in [3.8, 4) is 0 Å². The van der Waals surface area contributed by atoms with Gasteiger partial charge in [0.25, 0.3) is 19.1 Å². The highest BCUT2D eigenvalue weighted by Gasteiger charge is 2.20. The number of Topliss-reactive ketones (excluding diaryl/α,β-unsaturated/α-hetero) is 2. The molecule has 2 aliphatic rings. The molecule has 55 heavy (non-hydrogen) atoms. The molecule has 0 atom stereocenters. The number of benzene rings is 4. The molecule has 0 heterocycles. The molecule has 4 aromatic rings. The van der Waals surface area contributed by atoms with E-state index in [0.29, 0.717) is 51.1 Å². The summed E-state index contributed by atoms with van der Waals surface area (Å²) in [5.74, 6) is 0.354. The predicted molar refractivity (Wildman–Crippen MR) is 224 cm³/mol. The van der Waals surface area contributed by atoms with E-state index in [4.69, 9.17) is 39.6 Å². The van der Waals surface area contributed by atoms with Crippen molar-refractivity contribution in [3.63, 3.8) is 0 Å². The van der Waals surface area contributed by atoms with Crippen LogP contribution in [-0.4, -0.2) is 28.4 Å². The molecule has 2 aliphatic carbocycles. The molecule has 0 bridgehead atoms. The number of halogens is 3. The second kappa shape index (κ2) is 19.0. The number of nitrogens with two attached hydrogens (primary N) is 1. The van der Waals surface area contributed by atoms with Crippen LogP contribution in [0.2, 0.25) is 10.0 Å². The molecular formula is C40H43Cl3N4O6S2. The van der Waals surface area contributed by atoms with Crippen LogP contribution in [0.3, 0.4) is 0 Å². The standard InChI is InChI=1S/C20H21ClN2O3S.C13H15ClN2O.C7H7ClO2S/c1-13-6-3-4-9-20(13)27(25,26)23-15-10-11-18(16(21)12-15)22-17-7-5-8-19(24)14(17)2;1-8-11(3-2-4-13(8)17)16-12-6-5-9(15)7-10(12)14;1-6-4-2-3-5-7(6)11(8,9)10/h3-4,6,9-12,22-23H,5,7-8H2,1-2H3;5-7,16H,2-4,15H2,1H3;2-5H,1H3. The van der Waals surface area contributed by atoms with Crippen LogP contribution in [0, 0.1) is 13.8 Å². The van der Waals surface area contributed by atoms with Gasteiger partial charge in [-0.2, -0.15) is 0 Å². The van der Waals surface area contributed by atoms with Gasteiger partial charge in [0, 0.05) is 51.8 Å². The second-order valence-electron chi connectivity index (χ2n) is 13.0. The third-order valence-corrected chi connectivity index (χ3v) is 12.6. The molecule has 0 aliphatic heterocycles. The summed E-state index contributed by atoms with van der Waals surface area (Å²) in [4.78, 5) is 23.8. The van der Waals surface area contributed by atoms with Crippen LogP contribution in [-0.2, 0) is 28.7 Å². The maximum Gasteiger partial charge on any atom is 0.262 e. The van der Waals surface area contributed by atoms with Crippen molar-refractivity contribution < 1.29 is 26.4 Å². The van der Waals surface area contributed by atoms with Crippen molar-refractivity contribution in [2.75, 3.05) is 21.1 Å². The third-order valence-electron chi connectivity index (χ3n) is 8.93. The molecule has 15 heteroatoms. The largest absolute Gasteiger partial charge is 0.399 e. The molecule has 5 N–H and O–H groups in total. The number of carbonyl (C=O) groups excluding carboxylic acids is 2. The fraction of sp³-hybridized carbons (Fsp3) is 0.250. The van der Waals surface area contributed by atoms with Crippen molar-refractivity contribution in [2.24, 2.45) is 0 Å². The van der Waals surface area contributed by atoms with Gasteiger partial charge in [-0.25, -0.2) is 16.8 Å². The number of ketones is 2. The van der Waals surface area contributed by atoms with Crippen LogP contribution >= 0.6 is 33.9 Å². The zero-order valence-corrected chi connectivity index (χ0v) is 34.7. The van der Waals surface area contributed by atoms with E-state index in [1.165, 1.54) is 6.07 Å². The SMILES string of the molecule is CC1=C(Nc2ccc(N)cc2Cl)CCCC1=O.CC1=C(Nc2ccc(NS(=O)(=O)c3ccccc3C)cc2Cl)CCCC1=O.Cc1ccccc1S(=O)(=O)Cl. The minimum Gasteiger partial charge on any atom is -0.399 e. The number of rotatable bonds is 8. The Kier molecular flexibility index (Phi) is 15.0. The van der Waals surface area contributed by atoms with Crippen molar-refractivity contribution in [2.45, 2.75) is 76.0 Å². The highest BCUT2D eigenvalue weighted by Crippen LogP contribution is 2.32. The lowest BCUT2D eigenvalue weighted by molar-refractivity contribution is -0.116. The number of allylic oxidation sites excluding steroid dienone is 4. The van der Waals surface area contributed by atoms with E-state index in [0.717, 1.165) is 53.9 Å². The molecule has 6 rings (SSSR count). The zero-order chi connectivity index (χ0) is 40.5. The summed E-state index contributed by atoms with van der Waals surface area (Å²) in [6.07, 6.45) is 4.60. The van der Waals surface area contributed by atoms with Crippen molar-refractivity contribution >= 4 is 87.3 Å². The summed E-state index contributed by atoms with van der Waals surface area (Å²) in [6.45, 7) is 7.11. The van der Waals surface area contributed by atoms with Gasteiger partial charge in [0.05, 0.1) is 36.9 Å². The first kappa shape index (κ1) is 43.4. The lowest BCUT2D eigenvalue weighted by Crippen LogP contribution is -2.15. The molecule has 0 saturated carbocycles. The number of sulfonamides is 1. The van der Waals surface area contributed by atoms with Crippen LogP contribution in [0.4, 0.5) is 22.7 Å². The van der Waals surface area contributed by atoms with E-state index in [-0.39, 0.29) is 21.4 Å². The quantitative estimate of drug-likeness (QED) is 0.0998. The summed E-state index contributed by atoms with van der Waals surface area (Å²) in [5.41, 5.74) is 12.8. The van der Waals surface area contributed by atoms with Gasteiger partial charge in [-0.15, -0.1) is 0 Å². The molecule has 0 radical (unpaired) electrons. The first-order valence-corrected chi connectivity index (χ1v) is 21.9. The first-order chi connectivity index (χ1) is 25.9. The van der Waals surface area contributed by atoms with Gasteiger partial charge < -0.3 is 16.4 Å². The molecule has 0 amide bonds. The summed E-state index contributed by atoms with van der Waals surface area (Å²) < 4.78 is 49.4. The average molecular weight is 846 g/mol. The predicted octanol–water partition coefficient (Wildman–Crippen LogP) is 10.2. The average Bonchev–Trinajstić information content (AvgIpc) is 3.11. The molecule has 0 spiro atoms. The Morgan fingerprint density at radius 1 is 0.600 bits per heavy atom. The van der Waals surface area contributed by atoms with Crippen LogP contribution < -0.4 is 21.1 Å². The van der Waals surface area contributed by atoms with Gasteiger partial charge in [-0.1, -0.05) is 59.6 Å². The smallest absolute Gasteiger partial charge is 0.262 e. The molecule has 0 saturated heterocycles. The number of carbonyl (C=O) groups is 2. The molecule has 0 fully saturated rings. The fourth-order valence-electron chi connectivity index (χ4n) is 5.79. The number of nitrogens with one attached hydrogen (secondary N) is 3. The van der Waals surface area contributed by atoms with Gasteiger partial charge in [0.2, 0.25) is 0 Å². The van der Waals surface area contributed by atoms with Crippen molar-refractivity contribution in [3.05, 3.63) is 129 Å². The third kappa shape index (κ3) is 12.1. The number of anilines is 4. The lowest BCUT2D eigenvalue weighted by atomic mass is 9.96. The zero-order valence-electron chi connectivity index (χ0n) is 30.8. The maximum absolute atomic E-state index is 12.6. The van der Waals surface area contributed by atoms with E-state index >= 15 is 0 Å². The molecule has 292 valence electrons. The minimum atomic E-state index is -3.70. The van der Waals surface area contributed by atoms with E-state index in [1.807, 2.05) is 19.9 Å². The fourth-order valence-corrected chi connectivity index (χ4v) is 8.76. The van der Waals surface area contributed by atoms with E-state index in [1.54, 1.807) is 86.6 Å². The number of aryl methyl sites for hydroxylation is 2. The maximum atomic E-state index is 12.6. The molecular weight excluding hydrogens is 803 g/mol. The number of hydrogen-bond donors (Lipinski definition) is 4. The normalized spacial score (nSPS) is 14.7. The Labute approximate surface area is 337 Å². The topological polar surface area (TPSA) is 165 Å². The van der Waals surface area contributed by atoms with E-state index in [9.17, 15) is 26.4 Å². The first-order valence-electron chi connectivity index (χ1n) is 17.3. The van der Waals surface area contributed by atoms with Gasteiger partial charge in [0.15, 0.2) is 11.6 Å². The molecule has 0 aromatic heterocycles.